The summed E-state index contributed by atoms with van der Waals surface area (Å²) in [6.45, 7) is 2.07. The zero-order valence-electron chi connectivity index (χ0n) is 19.3. The summed E-state index contributed by atoms with van der Waals surface area (Å²) in [5, 5.41) is 15.7. The number of nitrogens with one attached hydrogen (secondary N) is 2. The Morgan fingerprint density at radius 1 is 1.15 bits per heavy atom. The van der Waals surface area contributed by atoms with Gasteiger partial charge >= 0.3 is 5.97 Å². The first-order valence-corrected chi connectivity index (χ1v) is 11.7. The lowest BCUT2D eigenvalue weighted by Crippen LogP contribution is -2.44. The van der Waals surface area contributed by atoms with Crippen LogP contribution >= 0.6 is 0 Å². The van der Waals surface area contributed by atoms with Crippen LogP contribution in [0.15, 0.2) is 42.5 Å². The van der Waals surface area contributed by atoms with E-state index in [4.69, 9.17) is 10.00 Å². The Bertz CT molecular complexity index is 1050. The van der Waals surface area contributed by atoms with Gasteiger partial charge < -0.3 is 15.4 Å². The number of rotatable bonds is 6. The molecule has 172 valence electrons. The topological polar surface area (TPSA) is 91.2 Å². The summed E-state index contributed by atoms with van der Waals surface area (Å²) < 4.78 is 4.88. The van der Waals surface area contributed by atoms with Crippen molar-refractivity contribution in [2.45, 2.75) is 63.5 Å². The van der Waals surface area contributed by atoms with E-state index in [0.29, 0.717) is 11.5 Å². The van der Waals surface area contributed by atoms with Crippen LogP contribution in [-0.2, 0) is 14.3 Å². The molecule has 2 aromatic carbocycles. The minimum absolute atomic E-state index is 0.0287. The molecule has 2 aromatic rings. The number of amides is 1. The van der Waals surface area contributed by atoms with E-state index in [1.54, 1.807) is 24.3 Å². The molecule has 1 aliphatic carbocycles. The van der Waals surface area contributed by atoms with Gasteiger partial charge in [-0.05, 0) is 54.5 Å². The van der Waals surface area contributed by atoms with Crippen LogP contribution in [0.5, 0.6) is 0 Å². The number of hydrogen-bond acceptors (Lipinski definition) is 5. The maximum atomic E-state index is 13.7. The molecule has 33 heavy (non-hydrogen) atoms. The molecule has 2 unspecified atom stereocenters. The van der Waals surface area contributed by atoms with Gasteiger partial charge in [0.25, 0.3) is 0 Å². The average Bonchev–Trinajstić information content (AvgIpc) is 3.25. The lowest BCUT2D eigenvalue weighted by molar-refractivity contribution is -0.141. The molecular formula is C27H31N3O3. The van der Waals surface area contributed by atoms with Crippen LogP contribution in [0, 0.1) is 24.2 Å². The number of aryl methyl sites for hydroxylation is 1. The van der Waals surface area contributed by atoms with E-state index >= 15 is 0 Å². The normalized spacial score (nSPS) is 20.8. The SMILES string of the molecule is COC(=O)C[C@@H](NC(=O)C1Nc2c(C)cccc2C1C1CCCCC1)c1ccc(C#N)cc1. The molecule has 6 heteroatoms. The smallest absolute Gasteiger partial charge is 0.307 e. The predicted octanol–water partition coefficient (Wildman–Crippen LogP) is 4.75. The summed E-state index contributed by atoms with van der Waals surface area (Å²) in [5.74, 6) is 0.0606. The number of methoxy groups -OCH3 is 1. The van der Waals surface area contributed by atoms with Crippen molar-refractivity contribution < 1.29 is 14.3 Å². The summed E-state index contributed by atoms with van der Waals surface area (Å²) in [4.78, 5) is 25.8. The van der Waals surface area contributed by atoms with E-state index in [0.717, 1.165) is 29.7 Å². The van der Waals surface area contributed by atoms with Crippen molar-refractivity contribution in [3.05, 3.63) is 64.7 Å². The summed E-state index contributed by atoms with van der Waals surface area (Å²) in [6.07, 6.45) is 5.95. The molecule has 6 nitrogen and oxygen atoms in total. The molecule has 0 spiro atoms. The third-order valence-electron chi connectivity index (χ3n) is 7.12. The van der Waals surface area contributed by atoms with Crippen molar-refractivity contribution in [3.63, 3.8) is 0 Å². The number of esters is 1. The third kappa shape index (κ3) is 4.88. The van der Waals surface area contributed by atoms with Crippen molar-refractivity contribution in [1.82, 2.24) is 5.32 Å². The summed E-state index contributed by atoms with van der Waals surface area (Å²) in [7, 11) is 1.34. The van der Waals surface area contributed by atoms with Crippen LogP contribution < -0.4 is 10.6 Å². The molecule has 1 saturated carbocycles. The number of carbonyl (C=O) groups excluding carboxylic acids is 2. The Morgan fingerprint density at radius 3 is 2.55 bits per heavy atom. The summed E-state index contributed by atoms with van der Waals surface area (Å²) in [6, 6.07) is 14.4. The lowest BCUT2D eigenvalue weighted by Gasteiger charge is -2.32. The van der Waals surface area contributed by atoms with Crippen molar-refractivity contribution in [2.24, 2.45) is 5.92 Å². The molecule has 0 aromatic heterocycles. The second-order valence-corrected chi connectivity index (χ2v) is 9.16. The summed E-state index contributed by atoms with van der Waals surface area (Å²) >= 11 is 0. The van der Waals surface area contributed by atoms with Gasteiger partial charge in [0.05, 0.1) is 31.2 Å². The number of hydrogen-bond donors (Lipinski definition) is 2. The maximum Gasteiger partial charge on any atom is 0.307 e. The Balaban J connectivity index is 1.61. The highest BCUT2D eigenvalue weighted by Crippen LogP contribution is 2.47. The number of benzene rings is 2. The summed E-state index contributed by atoms with van der Waals surface area (Å²) in [5.41, 5.74) is 4.74. The van der Waals surface area contributed by atoms with Crippen molar-refractivity contribution in [3.8, 4) is 6.07 Å². The maximum absolute atomic E-state index is 13.7. The van der Waals surface area contributed by atoms with Gasteiger partial charge in [0.1, 0.15) is 6.04 Å². The molecule has 3 atom stereocenters. The van der Waals surface area contributed by atoms with E-state index in [9.17, 15) is 9.59 Å². The molecule has 1 heterocycles. The molecule has 0 bridgehead atoms. The Kier molecular flexibility index (Phi) is 6.98. The highest BCUT2D eigenvalue weighted by Gasteiger charge is 2.42. The van der Waals surface area contributed by atoms with Crippen LogP contribution in [0.2, 0.25) is 0 Å². The lowest BCUT2D eigenvalue weighted by atomic mass is 9.74. The molecule has 2 aliphatic rings. The average molecular weight is 446 g/mol. The van der Waals surface area contributed by atoms with E-state index in [1.165, 1.54) is 31.9 Å². The van der Waals surface area contributed by atoms with Gasteiger partial charge in [-0.1, -0.05) is 49.6 Å². The van der Waals surface area contributed by atoms with Crippen LogP contribution in [0.25, 0.3) is 0 Å². The largest absolute Gasteiger partial charge is 0.469 e. The zero-order chi connectivity index (χ0) is 23.4. The van der Waals surface area contributed by atoms with E-state index in [2.05, 4.69) is 41.8 Å². The van der Waals surface area contributed by atoms with Gasteiger partial charge in [0.2, 0.25) is 5.91 Å². The van der Waals surface area contributed by atoms with E-state index in [1.807, 2.05) is 0 Å². The Morgan fingerprint density at radius 2 is 1.88 bits per heavy atom. The highest BCUT2D eigenvalue weighted by molar-refractivity contribution is 5.90. The fourth-order valence-corrected chi connectivity index (χ4v) is 5.39. The first kappa shape index (κ1) is 22.8. The monoisotopic (exact) mass is 445 g/mol. The molecule has 4 rings (SSSR count). The fraction of sp³-hybridized carbons (Fsp3) is 0.444. The van der Waals surface area contributed by atoms with Crippen molar-refractivity contribution in [2.75, 3.05) is 12.4 Å². The molecular weight excluding hydrogens is 414 g/mol. The number of ether oxygens (including phenoxy) is 1. The van der Waals surface area contributed by atoms with Gasteiger partial charge in [0, 0.05) is 11.6 Å². The third-order valence-corrected chi connectivity index (χ3v) is 7.12. The molecule has 1 fully saturated rings. The predicted molar refractivity (Wildman–Crippen MR) is 127 cm³/mol. The molecule has 0 saturated heterocycles. The number of fused-ring (bicyclic) bond motifs is 1. The first-order chi connectivity index (χ1) is 16.0. The highest BCUT2D eigenvalue weighted by atomic mass is 16.5. The molecule has 1 amide bonds. The molecule has 2 N–H and O–H groups in total. The number of para-hydroxylation sites is 1. The number of carbonyl (C=O) groups is 2. The van der Waals surface area contributed by atoms with Crippen molar-refractivity contribution in [1.29, 1.82) is 5.26 Å². The molecule has 1 aliphatic heterocycles. The standard InChI is InChI=1S/C27H31N3O3/c1-17-7-6-10-21-24(20-8-4-3-5-9-20)26(30-25(17)21)27(32)29-22(15-23(31)33-2)19-13-11-18(16-28)12-14-19/h6-7,10-14,20,22,24,26,30H,3-5,8-9,15H2,1-2H3,(H,29,32)/t22-,24?,26?/m1/s1. The quantitative estimate of drug-likeness (QED) is 0.627. The van der Waals surface area contributed by atoms with E-state index < -0.39 is 12.0 Å². The Hall–Kier alpha value is -3.33. The van der Waals surface area contributed by atoms with E-state index in [-0.39, 0.29) is 24.3 Å². The Labute approximate surface area is 195 Å². The van der Waals surface area contributed by atoms with Gasteiger partial charge in [0.15, 0.2) is 0 Å². The van der Waals surface area contributed by atoms with Crippen molar-refractivity contribution >= 4 is 17.6 Å². The second kappa shape index (κ2) is 10.1. The second-order valence-electron chi connectivity index (χ2n) is 9.16. The minimum Gasteiger partial charge on any atom is -0.469 e. The van der Waals surface area contributed by atoms with Crippen LogP contribution in [0.3, 0.4) is 0 Å². The van der Waals surface area contributed by atoms with Gasteiger partial charge in [-0.2, -0.15) is 5.26 Å². The van der Waals surface area contributed by atoms with Gasteiger partial charge in [-0.15, -0.1) is 0 Å². The van der Waals surface area contributed by atoms with Crippen LogP contribution in [-0.4, -0.2) is 25.0 Å². The molecule has 0 radical (unpaired) electrons. The number of nitriles is 1. The van der Waals surface area contributed by atoms with Gasteiger partial charge in [-0.3, -0.25) is 9.59 Å². The van der Waals surface area contributed by atoms with Gasteiger partial charge in [-0.25, -0.2) is 0 Å². The van der Waals surface area contributed by atoms with Crippen LogP contribution in [0.1, 0.15) is 72.7 Å². The fourth-order valence-electron chi connectivity index (χ4n) is 5.39. The number of anilines is 1. The minimum atomic E-state index is -0.531. The zero-order valence-corrected chi connectivity index (χ0v) is 19.3. The van der Waals surface area contributed by atoms with Crippen LogP contribution in [0.4, 0.5) is 5.69 Å². The first-order valence-electron chi connectivity index (χ1n) is 11.7. The number of nitrogens with zero attached hydrogens (tertiary/aromatic N) is 1.